The second kappa shape index (κ2) is 22.4. The van der Waals surface area contributed by atoms with Crippen LogP contribution in [0, 0.1) is 0 Å². The van der Waals surface area contributed by atoms with E-state index in [9.17, 15) is 4.79 Å². The van der Waals surface area contributed by atoms with Gasteiger partial charge in [0.15, 0.2) is 0 Å². The molecule has 0 unspecified atom stereocenters. The summed E-state index contributed by atoms with van der Waals surface area (Å²) in [6.45, 7) is 0.353. The van der Waals surface area contributed by atoms with Crippen LogP contribution in [0.25, 0.3) is 0 Å². The molecule has 0 bridgehead atoms. The predicted octanol–water partition coefficient (Wildman–Crippen LogP) is 6.80. The topological polar surface area (TPSA) is 66.8 Å². The summed E-state index contributed by atoms with van der Waals surface area (Å²) in [6.07, 6.45) is 24.6. The Kier molecular flexibility index (Phi) is 21.9. The molecule has 2 N–H and O–H groups in total. The molecule has 0 aromatic carbocycles. The molecule has 4 nitrogen and oxygen atoms in total. The van der Waals surface area contributed by atoms with Crippen molar-refractivity contribution in [3.05, 3.63) is 0 Å². The Morgan fingerprint density at radius 2 is 0.769 bits per heavy atom. The van der Waals surface area contributed by atoms with Crippen molar-refractivity contribution >= 4 is 5.97 Å². The van der Waals surface area contributed by atoms with E-state index in [1.165, 1.54) is 103 Å². The number of aliphatic hydroxyl groups excluding tert-OH is 1. The van der Waals surface area contributed by atoms with Crippen LogP contribution in [0.3, 0.4) is 0 Å². The number of carbonyl (C=O) groups is 1. The summed E-state index contributed by atoms with van der Waals surface area (Å²) in [4.78, 5) is 14.4. The molecule has 0 aliphatic heterocycles. The molecular weight excluding hydrogens is 328 g/mol. The van der Waals surface area contributed by atoms with Gasteiger partial charge in [-0.3, -0.25) is 0 Å². The monoisotopic (exact) mass is 372 g/mol. The minimum atomic E-state index is -0.515. The van der Waals surface area contributed by atoms with E-state index in [0.29, 0.717) is 13.0 Å². The average Bonchev–Trinajstić information content (AvgIpc) is 2.66. The van der Waals surface area contributed by atoms with Gasteiger partial charge >= 0.3 is 5.97 Å². The van der Waals surface area contributed by atoms with Gasteiger partial charge in [0.25, 0.3) is 0 Å². The summed E-state index contributed by atoms with van der Waals surface area (Å²) < 4.78 is 0. The summed E-state index contributed by atoms with van der Waals surface area (Å²) in [5.74, 6) is -0.515. The summed E-state index contributed by atoms with van der Waals surface area (Å²) in [7, 11) is 0. The van der Waals surface area contributed by atoms with Crippen LogP contribution in [0.1, 0.15) is 128 Å². The zero-order chi connectivity index (χ0) is 19.1. The first-order chi connectivity index (χ1) is 12.8. The summed E-state index contributed by atoms with van der Waals surface area (Å²) >= 11 is 0. The molecule has 4 heteroatoms. The van der Waals surface area contributed by atoms with Crippen molar-refractivity contribution in [2.75, 3.05) is 6.61 Å². The third kappa shape index (κ3) is 21.4. The number of rotatable bonds is 21. The van der Waals surface area contributed by atoms with Gasteiger partial charge in [-0.25, -0.2) is 4.79 Å². The van der Waals surface area contributed by atoms with Gasteiger partial charge in [-0.05, 0) is 12.8 Å². The molecule has 0 heterocycles. The van der Waals surface area contributed by atoms with Crippen LogP contribution < -0.4 is 0 Å². The lowest BCUT2D eigenvalue weighted by Gasteiger charge is -2.04. The molecule has 0 amide bonds. The van der Waals surface area contributed by atoms with E-state index in [-0.39, 0.29) is 0 Å². The van der Waals surface area contributed by atoms with Crippen LogP contribution in [-0.2, 0) is 9.68 Å². The lowest BCUT2D eigenvalue weighted by atomic mass is 10.0. The summed E-state index contributed by atoms with van der Waals surface area (Å²) in [5, 5.41) is 16.9. The first kappa shape index (κ1) is 25.4. The van der Waals surface area contributed by atoms with Crippen molar-refractivity contribution in [3.8, 4) is 0 Å². The fourth-order valence-corrected chi connectivity index (χ4v) is 3.43. The summed E-state index contributed by atoms with van der Waals surface area (Å²) in [5.41, 5.74) is 0. The third-order valence-electron chi connectivity index (χ3n) is 5.14. The summed E-state index contributed by atoms with van der Waals surface area (Å²) in [6, 6.07) is 0. The fraction of sp³-hybridized carbons (Fsp3) is 0.955. The van der Waals surface area contributed by atoms with Gasteiger partial charge in [0.05, 0.1) is 0 Å². The molecule has 0 atom stereocenters. The van der Waals surface area contributed by atoms with Gasteiger partial charge < -0.3 is 9.99 Å². The smallest absolute Gasteiger partial charge is 0.342 e. The quantitative estimate of drug-likeness (QED) is 0.132. The molecule has 26 heavy (non-hydrogen) atoms. The lowest BCUT2D eigenvalue weighted by Crippen LogP contribution is -1.99. The Morgan fingerprint density at radius 3 is 1.04 bits per heavy atom. The van der Waals surface area contributed by atoms with Crippen LogP contribution in [0.5, 0.6) is 0 Å². The van der Waals surface area contributed by atoms with Crippen LogP contribution in [0.15, 0.2) is 0 Å². The Hall–Kier alpha value is -0.610. The number of hydrogen-bond donors (Lipinski definition) is 2. The number of carbonyl (C=O) groups excluding carboxylic acids is 1. The molecular formula is C22H44O4. The van der Waals surface area contributed by atoms with Crippen molar-refractivity contribution in [2.45, 2.75) is 128 Å². The number of aliphatic hydroxyl groups is 1. The van der Waals surface area contributed by atoms with Crippen LogP contribution >= 0.6 is 0 Å². The predicted molar refractivity (Wildman–Crippen MR) is 108 cm³/mol. The molecule has 0 aromatic rings. The molecule has 0 saturated heterocycles. The highest BCUT2D eigenvalue weighted by Gasteiger charge is 2.00. The second-order valence-electron chi connectivity index (χ2n) is 7.65. The van der Waals surface area contributed by atoms with Gasteiger partial charge in [0.1, 0.15) is 0 Å². The highest BCUT2D eigenvalue weighted by molar-refractivity contribution is 5.68. The van der Waals surface area contributed by atoms with E-state index in [2.05, 4.69) is 4.89 Å². The van der Waals surface area contributed by atoms with Gasteiger partial charge in [-0.2, -0.15) is 5.26 Å². The van der Waals surface area contributed by atoms with Gasteiger partial charge in [0, 0.05) is 13.0 Å². The van der Waals surface area contributed by atoms with Gasteiger partial charge in [0.2, 0.25) is 0 Å². The maximum Gasteiger partial charge on any atom is 0.342 e. The molecule has 0 saturated carbocycles. The first-order valence-electron chi connectivity index (χ1n) is 11.3. The van der Waals surface area contributed by atoms with Crippen molar-refractivity contribution in [2.24, 2.45) is 0 Å². The van der Waals surface area contributed by atoms with Gasteiger partial charge in [-0.15, -0.1) is 0 Å². The lowest BCUT2D eigenvalue weighted by molar-refractivity contribution is -0.234. The third-order valence-corrected chi connectivity index (χ3v) is 5.14. The minimum absolute atomic E-state index is 0.334. The van der Waals surface area contributed by atoms with E-state index < -0.39 is 5.97 Å². The zero-order valence-electron chi connectivity index (χ0n) is 17.1. The molecule has 0 aromatic heterocycles. The van der Waals surface area contributed by atoms with Gasteiger partial charge in [-0.1, -0.05) is 109 Å². The minimum Gasteiger partial charge on any atom is -0.396 e. The molecule has 0 aliphatic rings. The second-order valence-corrected chi connectivity index (χ2v) is 7.65. The molecule has 156 valence electrons. The van der Waals surface area contributed by atoms with Crippen molar-refractivity contribution < 1.29 is 20.0 Å². The van der Waals surface area contributed by atoms with Crippen LogP contribution in [-0.4, -0.2) is 22.9 Å². The first-order valence-corrected chi connectivity index (χ1v) is 11.3. The Morgan fingerprint density at radius 1 is 0.500 bits per heavy atom. The molecule has 0 spiro atoms. The Labute approximate surface area is 161 Å². The fourth-order valence-electron chi connectivity index (χ4n) is 3.43. The van der Waals surface area contributed by atoms with Crippen molar-refractivity contribution in [1.29, 1.82) is 0 Å². The molecule has 0 rings (SSSR count). The van der Waals surface area contributed by atoms with Crippen molar-refractivity contribution in [1.82, 2.24) is 0 Å². The zero-order valence-corrected chi connectivity index (χ0v) is 17.1. The Balaban J connectivity index is 3.00. The molecule has 0 radical (unpaired) electrons. The van der Waals surface area contributed by atoms with E-state index in [0.717, 1.165) is 19.3 Å². The van der Waals surface area contributed by atoms with E-state index in [4.69, 9.17) is 10.4 Å². The van der Waals surface area contributed by atoms with Crippen molar-refractivity contribution in [3.63, 3.8) is 0 Å². The maximum atomic E-state index is 10.7. The SMILES string of the molecule is O=C(CCCCCCCCCCCCCCCCCCCCCO)OO. The Bertz CT molecular complexity index is 281. The normalized spacial score (nSPS) is 11.0. The number of unbranched alkanes of at least 4 members (excludes halogenated alkanes) is 18. The highest BCUT2D eigenvalue weighted by atomic mass is 17.1. The van der Waals surface area contributed by atoms with E-state index >= 15 is 0 Å². The van der Waals surface area contributed by atoms with E-state index in [1.54, 1.807) is 0 Å². The molecule has 0 aliphatic carbocycles. The standard InChI is InChI=1S/C22H44O4/c23-21-19-17-15-13-11-9-7-5-3-1-2-4-6-8-10-12-14-16-18-20-22(24)26-25/h23,25H,1-21H2. The van der Waals surface area contributed by atoms with E-state index in [1.807, 2.05) is 0 Å². The largest absolute Gasteiger partial charge is 0.396 e. The van der Waals surface area contributed by atoms with Crippen LogP contribution in [0.2, 0.25) is 0 Å². The highest BCUT2D eigenvalue weighted by Crippen LogP contribution is 2.14. The average molecular weight is 373 g/mol. The van der Waals surface area contributed by atoms with Crippen LogP contribution in [0.4, 0.5) is 0 Å². The maximum absolute atomic E-state index is 10.7. The number of hydrogen-bond acceptors (Lipinski definition) is 4. The molecule has 0 fully saturated rings.